The van der Waals surface area contributed by atoms with E-state index in [0.717, 1.165) is 20.9 Å². The summed E-state index contributed by atoms with van der Waals surface area (Å²) in [6, 6.07) is 11.7. The Hall–Kier alpha value is -1.65. The minimum absolute atomic E-state index is 0.342. The maximum absolute atomic E-state index is 5.99. The SMILES string of the molecule is ClCc1cc2ccccc2nc1Oc1cncc(Br)c1. The molecule has 5 heteroatoms. The number of pyridine rings is 2. The van der Waals surface area contributed by atoms with Crippen molar-refractivity contribution in [2.75, 3.05) is 0 Å². The number of halogens is 2. The van der Waals surface area contributed by atoms with E-state index in [1.54, 1.807) is 12.4 Å². The van der Waals surface area contributed by atoms with E-state index in [1.165, 1.54) is 0 Å². The van der Waals surface area contributed by atoms with Gasteiger partial charge < -0.3 is 4.74 Å². The van der Waals surface area contributed by atoms with Crippen LogP contribution in [0.4, 0.5) is 0 Å². The Labute approximate surface area is 129 Å². The average molecular weight is 350 g/mol. The molecule has 0 bridgehead atoms. The molecule has 0 amide bonds. The first-order valence-electron chi connectivity index (χ1n) is 5.99. The van der Waals surface area contributed by atoms with Crippen molar-refractivity contribution in [2.45, 2.75) is 5.88 Å². The number of fused-ring (bicyclic) bond motifs is 1. The van der Waals surface area contributed by atoms with Gasteiger partial charge in [-0.2, -0.15) is 0 Å². The molecular weight excluding hydrogens is 340 g/mol. The summed E-state index contributed by atoms with van der Waals surface area (Å²) in [5.74, 6) is 1.47. The van der Waals surface area contributed by atoms with Crippen LogP contribution < -0.4 is 4.74 Å². The third-order valence-electron chi connectivity index (χ3n) is 2.80. The highest BCUT2D eigenvalue weighted by atomic mass is 79.9. The fourth-order valence-corrected chi connectivity index (χ4v) is 2.42. The Morgan fingerprint density at radius 2 is 2.00 bits per heavy atom. The molecule has 3 rings (SSSR count). The van der Waals surface area contributed by atoms with Crippen LogP contribution in [-0.4, -0.2) is 9.97 Å². The van der Waals surface area contributed by atoms with Crippen LogP contribution in [0.25, 0.3) is 10.9 Å². The topological polar surface area (TPSA) is 35.0 Å². The zero-order chi connectivity index (χ0) is 13.9. The third-order valence-corrected chi connectivity index (χ3v) is 3.52. The van der Waals surface area contributed by atoms with E-state index in [-0.39, 0.29) is 0 Å². The fourth-order valence-electron chi connectivity index (χ4n) is 1.89. The minimum Gasteiger partial charge on any atom is -0.437 e. The van der Waals surface area contributed by atoms with E-state index in [1.807, 2.05) is 36.4 Å². The van der Waals surface area contributed by atoms with Crippen LogP contribution >= 0.6 is 27.5 Å². The highest BCUT2D eigenvalue weighted by Crippen LogP contribution is 2.28. The van der Waals surface area contributed by atoms with Crippen molar-refractivity contribution >= 4 is 38.4 Å². The molecule has 0 radical (unpaired) electrons. The molecule has 0 N–H and O–H groups in total. The monoisotopic (exact) mass is 348 g/mol. The number of benzene rings is 1. The first-order chi connectivity index (χ1) is 9.76. The van der Waals surface area contributed by atoms with Crippen LogP contribution in [0, 0.1) is 0 Å². The first kappa shape index (κ1) is 13.3. The van der Waals surface area contributed by atoms with Gasteiger partial charge in [0.15, 0.2) is 0 Å². The fraction of sp³-hybridized carbons (Fsp3) is 0.0667. The van der Waals surface area contributed by atoms with Crippen molar-refractivity contribution in [1.82, 2.24) is 9.97 Å². The normalized spacial score (nSPS) is 10.7. The summed E-state index contributed by atoms with van der Waals surface area (Å²) < 4.78 is 6.65. The number of para-hydroxylation sites is 1. The minimum atomic E-state index is 0.342. The number of rotatable bonds is 3. The molecule has 0 aliphatic heterocycles. The van der Waals surface area contributed by atoms with Crippen molar-refractivity contribution in [3.05, 3.63) is 58.8 Å². The smallest absolute Gasteiger partial charge is 0.224 e. The molecule has 0 atom stereocenters. The van der Waals surface area contributed by atoms with Crippen molar-refractivity contribution < 1.29 is 4.74 Å². The number of hydrogen-bond donors (Lipinski definition) is 0. The molecule has 20 heavy (non-hydrogen) atoms. The van der Waals surface area contributed by atoms with Crippen LogP contribution in [0.5, 0.6) is 11.6 Å². The second-order valence-corrected chi connectivity index (χ2v) is 5.40. The number of hydrogen-bond acceptors (Lipinski definition) is 3. The standard InChI is InChI=1S/C15H10BrClN2O/c16-12-6-13(9-18-8-12)20-15-11(7-17)5-10-3-1-2-4-14(10)19-15/h1-6,8-9H,7H2. The van der Waals surface area contributed by atoms with Gasteiger partial charge in [-0.1, -0.05) is 18.2 Å². The Balaban J connectivity index is 2.05. The molecule has 0 aliphatic rings. The molecule has 2 aromatic heterocycles. The van der Waals surface area contributed by atoms with Gasteiger partial charge in [-0.3, -0.25) is 4.98 Å². The molecule has 3 nitrogen and oxygen atoms in total. The summed E-state index contributed by atoms with van der Waals surface area (Å²) >= 11 is 9.35. The molecule has 3 aromatic rings. The molecule has 0 spiro atoms. The van der Waals surface area contributed by atoms with Gasteiger partial charge in [0.25, 0.3) is 0 Å². The maximum Gasteiger partial charge on any atom is 0.224 e. The van der Waals surface area contributed by atoms with Gasteiger partial charge >= 0.3 is 0 Å². The van der Waals surface area contributed by atoms with Gasteiger partial charge in [0.1, 0.15) is 5.75 Å². The van der Waals surface area contributed by atoms with Gasteiger partial charge in [0.2, 0.25) is 5.88 Å². The van der Waals surface area contributed by atoms with E-state index in [2.05, 4.69) is 25.9 Å². The number of alkyl halides is 1. The lowest BCUT2D eigenvalue weighted by atomic mass is 10.2. The number of aromatic nitrogens is 2. The Morgan fingerprint density at radius 3 is 2.80 bits per heavy atom. The Bertz CT molecular complexity index is 764. The quantitative estimate of drug-likeness (QED) is 0.629. The van der Waals surface area contributed by atoms with Crippen molar-refractivity contribution in [3.8, 4) is 11.6 Å². The number of ether oxygens (including phenoxy) is 1. The molecule has 0 saturated heterocycles. The summed E-state index contributed by atoms with van der Waals surface area (Å²) in [4.78, 5) is 8.59. The third kappa shape index (κ3) is 2.76. The highest BCUT2D eigenvalue weighted by molar-refractivity contribution is 9.10. The van der Waals surface area contributed by atoms with E-state index in [4.69, 9.17) is 16.3 Å². The molecule has 0 aliphatic carbocycles. The molecule has 1 aromatic carbocycles. The van der Waals surface area contributed by atoms with Crippen molar-refractivity contribution in [2.24, 2.45) is 0 Å². The van der Waals surface area contributed by atoms with Gasteiger partial charge in [-0.25, -0.2) is 4.98 Å². The van der Waals surface area contributed by atoms with E-state index in [0.29, 0.717) is 17.5 Å². The summed E-state index contributed by atoms with van der Waals surface area (Å²) in [5, 5.41) is 1.04. The lowest BCUT2D eigenvalue weighted by Gasteiger charge is -2.10. The van der Waals surface area contributed by atoms with Gasteiger partial charge in [0, 0.05) is 21.6 Å². The summed E-state index contributed by atoms with van der Waals surface area (Å²) in [6.07, 6.45) is 3.34. The van der Waals surface area contributed by atoms with Crippen LogP contribution in [0.15, 0.2) is 53.3 Å². The predicted octanol–water partition coefficient (Wildman–Crippen LogP) is 4.92. The summed E-state index contributed by atoms with van der Waals surface area (Å²) in [7, 11) is 0. The maximum atomic E-state index is 5.99. The van der Waals surface area contributed by atoms with Crippen molar-refractivity contribution in [3.63, 3.8) is 0 Å². The molecule has 100 valence electrons. The molecule has 0 fully saturated rings. The van der Waals surface area contributed by atoms with Crippen LogP contribution in [-0.2, 0) is 5.88 Å². The van der Waals surface area contributed by atoms with E-state index < -0.39 is 0 Å². The second-order valence-electron chi connectivity index (χ2n) is 4.22. The summed E-state index contributed by atoms with van der Waals surface area (Å²) in [5.41, 5.74) is 1.73. The van der Waals surface area contributed by atoms with Gasteiger partial charge in [0.05, 0.1) is 17.6 Å². The molecule has 0 unspecified atom stereocenters. The van der Waals surface area contributed by atoms with Gasteiger partial charge in [-0.05, 0) is 34.1 Å². The lowest BCUT2D eigenvalue weighted by molar-refractivity contribution is 0.458. The summed E-state index contributed by atoms with van der Waals surface area (Å²) in [6.45, 7) is 0. The highest BCUT2D eigenvalue weighted by Gasteiger charge is 2.09. The predicted molar refractivity (Wildman–Crippen MR) is 83.3 cm³/mol. The zero-order valence-corrected chi connectivity index (χ0v) is 12.7. The number of nitrogens with zero attached hydrogens (tertiary/aromatic N) is 2. The van der Waals surface area contributed by atoms with E-state index in [9.17, 15) is 0 Å². The van der Waals surface area contributed by atoms with Crippen LogP contribution in [0.1, 0.15) is 5.56 Å². The van der Waals surface area contributed by atoms with Crippen molar-refractivity contribution in [1.29, 1.82) is 0 Å². The van der Waals surface area contributed by atoms with Crippen LogP contribution in [0.3, 0.4) is 0 Å². The Kier molecular flexibility index (Phi) is 3.85. The average Bonchev–Trinajstić information content (AvgIpc) is 2.46. The zero-order valence-electron chi connectivity index (χ0n) is 10.4. The molecular formula is C15H10BrClN2O. The second kappa shape index (κ2) is 5.77. The first-order valence-corrected chi connectivity index (χ1v) is 7.32. The molecule has 2 heterocycles. The molecule has 0 saturated carbocycles. The van der Waals surface area contributed by atoms with Crippen LogP contribution in [0.2, 0.25) is 0 Å². The van der Waals surface area contributed by atoms with Gasteiger partial charge in [-0.15, -0.1) is 11.6 Å². The largest absolute Gasteiger partial charge is 0.437 e. The Morgan fingerprint density at radius 1 is 1.15 bits per heavy atom. The van der Waals surface area contributed by atoms with E-state index >= 15 is 0 Å². The lowest BCUT2D eigenvalue weighted by Crippen LogP contribution is -1.94.